The van der Waals surface area contributed by atoms with Crippen molar-refractivity contribution in [2.45, 2.75) is 40.2 Å². The van der Waals surface area contributed by atoms with Gasteiger partial charge in [-0.25, -0.2) is 4.98 Å². The molecule has 4 nitrogen and oxygen atoms in total. The van der Waals surface area contributed by atoms with Crippen LogP contribution in [0.1, 0.15) is 35.3 Å². The molecule has 1 aliphatic rings. The number of hydrogen-bond donors (Lipinski definition) is 1. The summed E-state index contributed by atoms with van der Waals surface area (Å²) in [7, 11) is 0. The highest BCUT2D eigenvalue weighted by molar-refractivity contribution is 7.11. The third-order valence-corrected chi connectivity index (χ3v) is 4.90. The SMILES string of the molecule is Cc1nc(C)c(CN2CCC(C)(C(=O)O)CC2)s1. The van der Waals surface area contributed by atoms with Gasteiger partial charge in [0.1, 0.15) is 0 Å². The number of nitrogens with zero attached hydrogens (tertiary/aromatic N) is 2. The third-order valence-electron chi connectivity index (χ3n) is 3.84. The Hall–Kier alpha value is -0.940. The lowest BCUT2D eigenvalue weighted by Gasteiger charge is -2.36. The molecule has 2 rings (SSSR count). The standard InChI is InChI=1S/C13H20N2O2S/c1-9-11(18-10(2)14-9)8-15-6-4-13(3,5-7-15)12(16)17/h4-8H2,1-3H3,(H,16,17). The van der Waals surface area contributed by atoms with Gasteiger partial charge >= 0.3 is 5.97 Å². The van der Waals surface area contributed by atoms with Crippen molar-refractivity contribution in [3.05, 3.63) is 15.6 Å². The molecular weight excluding hydrogens is 248 g/mol. The quantitative estimate of drug-likeness (QED) is 0.915. The first-order valence-corrected chi connectivity index (χ1v) is 7.11. The Morgan fingerprint density at radius 3 is 2.50 bits per heavy atom. The highest BCUT2D eigenvalue weighted by Gasteiger charge is 2.36. The molecule has 0 unspecified atom stereocenters. The van der Waals surface area contributed by atoms with Crippen molar-refractivity contribution in [1.82, 2.24) is 9.88 Å². The topological polar surface area (TPSA) is 53.4 Å². The van der Waals surface area contributed by atoms with Crippen LogP contribution in [0.2, 0.25) is 0 Å². The van der Waals surface area contributed by atoms with Gasteiger partial charge in [0.15, 0.2) is 0 Å². The van der Waals surface area contributed by atoms with Crippen LogP contribution in [0.5, 0.6) is 0 Å². The highest BCUT2D eigenvalue weighted by Crippen LogP contribution is 2.32. The van der Waals surface area contributed by atoms with Gasteiger partial charge in [-0.2, -0.15) is 0 Å². The van der Waals surface area contributed by atoms with Crippen molar-refractivity contribution in [3.63, 3.8) is 0 Å². The van der Waals surface area contributed by atoms with Gasteiger partial charge in [-0.15, -0.1) is 11.3 Å². The Bertz CT molecular complexity index is 448. The van der Waals surface area contributed by atoms with Gasteiger partial charge in [0, 0.05) is 11.4 Å². The number of hydrogen-bond acceptors (Lipinski definition) is 4. The molecule has 0 saturated carbocycles. The number of piperidine rings is 1. The molecule has 1 aromatic rings. The minimum Gasteiger partial charge on any atom is -0.481 e. The van der Waals surface area contributed by atoms with E-state index in [1.165, 1.54) is 4.88 Å². The minimum absolute atomic E-state index is 0.533. The van der Waals surface area contributed by atoms with E-state index in [2.05, 4.69) is 9.88 Å². The number of carbonyl (C=O) groups is 1. The lowest BCUT2D eigenvalue weighted by molar-refractivity contribution is -0.150. The first kappa shape index (κ1) is 13.5. The Labute approximate surface area is 112 Å². The smallest absolute Gasteiger partial charge is 0.309 e. The van der Waals surface area contributed by atoms with Crippen LogP contribution in [0, 0.1) is 19.3 Å². The number of carboxylic acids is 1. The second-order valence-electron chi connectivity index (χ2n) is 5.38. The normalized spacial score (nSPS) is 19.9. The second-order valence-corrected chi connectivity index (χ2v) is 6.67. The van der Waals surface area contributed by atoms with Gasteiger partial charge in [0.25, 0.3) is 0 Å². The van der Waals surface area contributed by atoms with Crippen molar-refractivity contribution >= 4 is 17.3 Å². The maximum Gasteiger partial charge on any atom is 0.309 e. The molecule has 0 atom stereocenters. The molecule has 1 aromatic heterocycles. The van der Waals surface area contributed by atoms with Crippen LogP contribution in [0.4, 0.5) is 0 Å². The largest absolute Gasteiger partial charge is 0.481 e. The lowest BCUT2D eigenvalue weighted by atomic mass is 9.80. The summed E-state index contributed by atoms with van der Waals surface area (Å²) in [5.74, 6) is -0.660. The molecule has 18 heavy (non-hydrogen) atoms. The number of thiazole rings is 1. The van der Waals surface area contributed by atoms with E-state index >= 15 is 0 Å². The molecule has 0 radical (unpaired) electrons. The van der Waals surface area contributed by atoms with Crippen molar-refractivity contribution in [2.24, 2.45) is 5.41 Å². The summed E-state index contributed by atoms with van der Waals surface area (Å²) in [5.41, 5.74) is 0.582. The molecule has 0 aromatic carbocycles. The van der Waals surface area contributed by atoms with E-state index < -0.39 is 11.4 Å². The van der Waals surface area contributed by atoms with Gasteiger partial charge in [-0.1, -0.05) is 0 Å². The minimum atomic E-state index is -0.660. The Balaban J connectivity index is 1.95. The molecule has 0 aliphatic carbocycles. The number of aromatic nitrogens is 1. The van der Waals surface area contributed by atoms with Crippen LogP contribution in [-0.4, -0.2) is 34.0 Å². The summed E-state index contributed by atoms with van der Waals surface area (Å²) < 4.78 is 0. The summed E-state index contributed by atoms with van der Waals surface area (Å²) >= 11 is 1.75. The van der Waals surface area contributed by atoms with Gasteiger partial charge < -0.3 is 5.11 Å². The summed E-state index contributed by atoms with van der Waals surface area (Å²) in [6, 6.07) is 0. The fraction of sp³-hybridized carbons (Fsp3) is 0.692. The molecule has 0 amide bonds. The van der Waals surface area contributed by atoms with Gasteiger partial charge in [-0.05, 0) is 46.7 Å². The monoisotopic (exact) mass is 268 g/mol. The first-order chi connectivity index (χ1) is 8.40. The first-order valence-electron chi connectivity index (χ1n) is 6.29. The van der Waals surface area contributed by atoms with E-state index in [1.807, 2.05) is 20.8 Å². The van der Waals surface area contributed by atoms with Crippen molar-refractivity contribution in [2.75, 3.05) is 13.1 Å². The predicted octanol–water partition coefficient (Wildman–Crippen LogP) is 2.45. The maximum atomic E-state index is 11.2. The Morgan fingerprint density at radius 1 is 1.44 bits per heavy atom. The Kier molecular flexibility index (Phi) is 3.73. The lowest BCUT2D eigenvalue weighted by Crippen LogP contribution is -2.42. The molecule has 1 fully saturated rings. The number of rotatable bonds is 3. The zero-order valence-corrected chi connectivity index (χ0v) is 12.0. The second kappa shape index (κ2) is 4.97. The summed E-state index contributed by atoms with van der Waals surface area (Å²) in [6.07, 6.45) is 1.47. The van der Waals surface area contributed by atoms with Crippen LogP contribution in [0.15, 0.2) is 0 Å². The summed E-state index contributed by atoms with van der Waals surface area (Å²) in [6.45, 7) is 8.56. The molecule has 1 aliphatic heterocycles. The van der Waals surface area contributed by atoms with Gasteiger partial charge in [0.05, 0.1) is 16.1 Å². The summed E-state index contributed by atoms with van der Waals surface area (Å²) in [4.78, 5) is 19.3. The van der Waals surface area contributed by atoms with Crippen molar-refractivity contribution in [3.8, 4) is 0 Å². The zero-order valence-electron chi connectivity index (χ0n) is 11.2. The van der Waals surface area contributed by atoms with E-state index in [-0.39, 0.29) is 0 Å². The van der Waals surface area contributed by atoms with Crippen LogP contribution >= 0.6 is 11.3 Å². The van der Waals surface area contributed by atoms with E-state index in [0.717, 1.165) is 43.2 Å². The zero-order chi connectivity index (χ0) is 13.3. The van der Waals surface area contributed by atoms with E-state index in [4.69, 9.17) is 0 Å². The molecule has 0 spiro atoms. The maximum absolute atomic E-state index is 11.2. The van der Waals surface area contributed by atoms with Gasteiger partial charge in [-0.3, -0.25) is 9.69 Å². The molecule has 1 saturated heterocycles. The van der Waals surface area contributed by atoms with E-state index in [9.17, 15) is 9.90 Å². The van der Waals surface area contributed by atoms with Crippen molar-refractivity contribution in [1.29, 1.82) is 0 Å². The number of carboxylic acid groups (broad SMARTS) is 1. The highest BCUT2D eigenvalue weighted by atomic mass is 32.1. The number of aliphatic carboxylic acids is 1. The number of likely N-dealkylation sites (tertiary alicyclic amines) is 1. The molecule has 2 heterocycles. The molecule has 1 N–H and O–H groups in total. The van der Waals surface area contributed by atoms with Crippen LogP contribution in [0.3, 0.4) is 0 Å². The average molecular weight is 268 g/mol. The van der Waals surface area contributed by atoms with Crippen LogP contribution in [0.25, 0.3) is 0 Å². The van der Waals surface area contributed by atoms with Gasteiger partial charge in [0.2, 0.25) is 0 Å². The predicted molar refractivity (Wildman–Crippen MR) is 71.8 cm³/mol. The fourth-order valence-electron chi connectivity index (χ4n) is 2.34. The fourth-order valence-corrected chi connectivity index (χ4v) is 3.32. The number of aryl methyl sites for hydroxylation is 2. The van der Waals surface area contributed by atoms with Crippen molar-refractivity contribution < 1.29 is 9.90 Å². The van der Waals surface area contributed by atoms with E-state index in [0.29, 0.717) is 0 Å². The van der Waals surface area contributed by atoms with Crippen LogP contribution < -0.4 is 0 Å². The third kappa shape index (κ3) is 2.72. The van der Waals surface area contributed by atoms with E-state index in [1.54, 1.807) is 11.3 Å². The summed E-state index contributed by atoms with van der Waals surface area (Å²) in [5, 5.41) is 10.3. The molecule has 100 valence electrons. The molecule has 0 bridgehead atoms. The Morgan fingerprint density at radius 2 is 2.06 bits per heavy atom. The van der Waals surface area contributed by atoms with Crippen LogP contribution in [-0.2, 0) is 11.3 Å². The average Bonchev–Trinajstić information content (AvgIpc) is 2.61. The molecule has 5 heteroatoms. The molecular formula is C13H20N2O2S.